The molecular formula is C6H15ClO2Si. The molecule has 0 aromatic rings. The standard InChI is InChI=1S/C6H15ClO2Si/c1-3-5-8-6(7,4-2)9-10/h3-5H2,1-2,10H3. The summed E-state index contributed by atoms with van der Waals surface area (Å²) >= 11 is 5.88. The van der Waals surface area contributed by atoms with Crippen molar-refractivity contribution in [1.82, 2.24) is 0 Å². The van der Waals surface area contributed by atoms with Crippen LogP contribution in [-0.4, -0.2) is 22.3 Å². The van der Waals surface area contributed by atoms with Crippen LogP contribution in [0.25, 0.3) is 0 Å². The molecule has 0 N–H and O–H groups in total. The average Bonchev–Trinajstić information content (AvgIpc) is 2.00. The molecule has 0 saturated carbocycles. The first-order valence-corrected chi connectivity index (χ1v) is 4.76. The van der Waals surface area contributed by atoms with E-state index in [2.05, 4.69) is 0 Å². The molecule has 0 amide bonds. The van der Waals surface area contributed by atoms with Crippen LogP contribution in [-0.2, 0) is 9.16 Å². The van der Waals surface area contributed by atoms with E-state index >= 15 is 0 Å². The molecule has 0 saturated heterocycles. The van der Waals surface area contributed by atoms with Crippen LogP contribution in [0, 0.1) is 0 Å². The van der Waals surface area contributed by atoms with Gasteiger partial charge in [-0.15, -0.1) is 0 Å². The molecule has 0 aliphatic rings. The minimum atomic E-state index is -0.831. The second-order valence-corrected chi connectivity index (χ2v) is 3.05. The Labute approximate surface area is 70.4 Å². The fourth-order valence-corrected chi connectivity index (χ4v) is 1.04. The summed E-state index contributed by atoms with van der Waals surface area (Å²) in [4.78, 5) is 0. The van der Waals surface area contributed by atoms with Crippen molar-refractivity contribution in [3.63, 3.8) is 0 Å². The molecule has 10 heavy (non-hydrogen) atoms. The van der Waals surface area contributed by atoms with Gasteiger partial charge in [-0.25, -0.2) is 0 Å². The number of hydrogen-bond acceptors (Lipinski definition) is 2. The van der Waals surface area contributed by atoms with E-state index in [1.54, 1.807) is 0 Å². The summed E-state index contributed by atoms with van der Waals surface area (Å²) in [6.45, 7) is 4.65. The summed E-state index contributed by atoms with van der Waals surface area (Å²) in [5.74, 6) is 0. The van der Waals surface area contributed by atoms with Crippen molar-refractivity contribution in [2.24, 2.45) is 0 Å². The van der Waals surface area contributed by atoms with Gasteiger partial charge >= 0.3 is 0 Å². The highest BCUT2D eigenvalue weighted by atomic mass is 35.5. The van der Waals surface area contributed by atoms with Crippen molar-refractivity contribution < 1.29 is 9.16 Å². The molecule has 0 fully saturated rings. The van der Waals surface area contributed by atoms with Gasteiger partial charge in [-0.05, 0) is 6.42 Å². The molecule has 2 nitrogen and oxygen atoms in total. The molecular weight excluding hydrogens is 168 g/mol. The van der Waals surface area contributed by atoms with E-state index in [1.165, 1.54) is 0 Å². The quantitative estimate of drug-likeness (QED) is 0.359. The van der Waals surface area contributed by atoms with Gasteiger partial charge in [0, 0.05) is 6.42 Å². The molecule has 0 aliphatic carbocycles. The largest absolute Gasteiger partial charge is 0.390 e. The maximum atomic E-state index is 5.88. The Kier molecular flexibility index (Phi) is 5.35. The summed E-state index contributed by atoms with van der Waals surface area (Å²) in [6.07, 6.45) is 1.66. The van der Waals surface area contributed by atoms with Crippen molar-refractivity contribution in [3.05, 3.63) is 0 Å². The van der Waals surface area contributed by atoms with Crippen LogP contribution in [0.2, 0.25) is 0 Å². The molecule has 1 atom stereocenters. The Balaban J connectivity index is 3.58. The third kappa shape index (κ3) is 3.56. The van der Waals surface area contributed by atoms with Gasteiger partial charge in [0.2, 0.25) is 5.25 Å². The predicted molar refractivity (Wildman–Crippen MR) is 46.1 cm³/mol. The van der Waals surface area contributed by atoms with Gasteiger partial charge < -0.3 is 9.16 Å². The van der Waals surface area contributed by atoms with Crippen LogP contribution in [0.4, 0.5) is 0 Å². The summed E-state index contributed by atoms with van der Waals surface area (Å²) in [7, 11) is 0.616. The van der Waals surface area contributed by atoms with Crippen molar-refractivity contribution in [2.45, 2.75) is 31.9 Å². The molecule has 0 heterocycles. The van der Waals surface area contributed by atoms with Crippen LogP contribution in [0.3, 0.4) is 0 Å². The van der Waals surface area contributed by atoms with E-state index < -0.39 is 5.25 Å². The molecule has 0 rings (SSSR count). The van der Waals surface area contributed by atoms with Gasteiger partial charge in [-0.2, -0.15) is 0 Å². The van der Waals surface area contributed by atoms with E-state index in [0.29, 0.717) is 23.5 Å². The first kappa shape index (κ1) is 10.4. The minimum Gasteiger partial charge on any atom is -0.390 e. The van der Waals surface area contributed by atoms with E-state index in [0.717, 1.165) is 6.42 Å². The molecule has 0 aromatic heterocycles. The Bertz CT molecular complexity index is 85.8. The van der Waals surface area contributed by atoms with E-state index in [-0.39, 0.29) is 0 Å². The monoisotopic (exact) mass is 182 g/mol. The number of rotatable bonds is 5. The SMILES string of the molecule is CCCOC(Cl)(CC)O[SiH3]. The van der Waals surface area contributed by atoms with Crippen molar-refractivity contribution in [1.29, 1.82) is 0 Å². The number of alkyl halides is 1. The average molecular weight is 183 g/mol. The Morgan fingerprint density at radius 1 is 1.50 bits per heavy atom. The van der Waals surface area contributed by atoms with Gasteiger partial charge in [-0.1, -0.05) is 25.4 Å². The normalized spacial score (nSPS) is 17.1. The minimum absolute atomic E-state index is 0.616. The fraction of sp³-hybridized carbons (Fsp3) is 1.00. The first-order chi connectivity index (χ1) is 4.68. The lowest BCUT2D eigenvalue weighted by atomic mass is 10.4. The Morgan fingerprint density at radius 3 is 2.40 bits per heavy atom. The summed E-state index contributed by atoms with van der Waals surface area (Å²) in [6, 6.07) is 0. The Hall–Kier alpha value is 0.427. The third-order valence-corrected chi connectivity index (χ3v) is 2.70. The topological polar surface area (TPSA) is 18.5 Å². The lowest BCUT2D eigenvalue weighted by molar-refractivity contribution is -0.116. The van der Waals surface area contributed by atoms with Gasteiger partial charge in [-0.3, -0.25) is 0 Å². The van der Waals surface area contributed by atoms with Crippen LogP contribution < -0.4 is 0 Å². The van der Waals surface area contributed by atoms with Crippen LogP contribution in [0.15, 0.2) is 0 Å². The van der Waals surface area contributed by atoms with Gasteiger partial charge in [0.25, 0.3) is 0 Å². The zero-order valence-electron chi connectivity index (χ0n) is 6.82. The molecule has 0 bridgehead atoms. The molecule has 4 heteroatoms. The lowest BCUT2D eigenvalue weighted by Crippen LogP contribution is -2.27. The van der Waals surface area contributed by atoms with E-state index in [1.807, 2.05) is 13.8 Å². The number of ether oxygens (including phenoxy) is 1. The highest BCUT2D eigenvalue weighted by molar-refractivity contribution is 6.23. The van der Waals surface area contributed by atoms with Gasteiger partial charge in [0.05, 0.1) is 6.61 Å². The zero-order valence-corrected chi connectivity index (χ0v) is 9.57. The molecule has 62 valence electrons. The van der Waals surface area contributed by atoms with Crippen molar-refractivity contribution in [2.75, 3.05) is 6.61 Å². The fourth-order valence-electron chi connectivity index (χ4n) is 0.560. The number of halogens is 1. The predicted octanol–water partition coefficient (Wildman–Crippen LogP) is 1.01. The third-order valence-electron chi connectivity index (χ3n) is 1.25. The zero-order chi connectivity index (χ0) is 8.04. The second kappa shape index (κ2) is 5.13. The van der Waals surface area contributed by atoms with Crippen LogP contribution in [0.5, 0.6) is 0 Å². The van der Waals surface area contributed by atoms with E-state index in [4.69, 9.17) is 20.8 Å². The maximum Gasteiger partial charge on any atom is 0.237 e. The van der Waals surface area contributed by atoms with Crippen LogP contribution in [0.1, 0.15) is 26.7 Å². The highest BCUT2D eigenvalue weighted by Gasteiger charge is 2.23. The summed E-state index contributed by atoms with van der Waals surface area (Å²) in [5.41, 5.74) is 0. The molecule has 0 aliphatic heterocycles. The second-order valence-electron chi connectivity index (χ2n) is 2.07. The lowest BCUT2D eigenvalue weighted by Gasteiger charge is -2.24. The van der Waals surface area contributed by atoms with Crippen molar-refractivity contribution in [3.8, 4) is 0 Å². The first-order valence-electron chi connectivity index (χ1n) is 3.56. The van der Waals surface area contributed by atoms with Gasteiger partial charge in [0.1, 0.15) is 0 Å². The highest BCUT2D eigenvalue weighted by Crippen LogP contribution is 2.21. The molecule has 1 unspecified atom stereocenters. The smallest absolute Gasteiger partial charge is 0.237 e. The number of hydrogen-bond donors (Lipinski definition) is 0. The maximum absolute atomic E-state index is 5.88. The molecule has 0 radical (unpaired) electrons. The van der Waals surface area contributed by atoms with Gasteiger partial charge in [0.15, 0.2) is 10.5 Å². The Morgan fingerprint density at radius 2 is 2.10 bits per heavy atom. The summed E-state index contributed by atoms with van der Waals surface area (Å²) in [5, 5.41) is -0.831. The molecule has 0 spiro atoms. The summed E-state index contributed by atoms with van der Waals surface area (Å²) < 4.78 is 10.3. The van der Waals surface area contributed by atoms with Crippen molar-refractivity contribution >= 4 is 22.1 Å². The molecule has 0 aromatic carbocycles. The van der Waals surface area contributed by atoms with Crippen LogP contribution >= 0.6 is 11.6 Å². The van der Waals surface area contributed by atoms with E-state index in [9.17, 15) is 0 Å².